The molecule has 6 nitrogen and oxygen atoms in total. The summed E-state index contributed by atoms with van der Waals surface area (Å²) in [6.45, 7) is 1.93. The van der Waals surface area contributed by atoms with Crippen LogP contribution in [-0.2, 0) is 9.59 Å². The lowest BCUT2D eigenvalue weighted by molar-refractivity contribution is -0.141. The molecule has 1 atom stereocenters. The number of halogens is 2. The van der Waals surface area contributed by atoms with E-state index in [0.29, 0.717) is 22.2 Å². The predicted octanol–water partition coefficient (Wildman–Crippen LogP) is 7.06. The van der Waals surface area contributed by atoms with Crippen LogP contribution in [0, 0.1) is 6.92 Å². The number of carboxylic acid groups (broad SMARTS) is 1. The van der Waals surface area contributed by atoms with Crippen molar-refractivity contribution in [3.8, 4) is 11.1 Å². The van der Waals surface area contributed by atoms with Crippen molar-refractivity contribution < 1.29 is 14.7 Å². The first-order valence-electron chi connectivity index (χ1n) is 11.8. The first-order chi connectivity index (χ1) is 17.8. The highest BCUT2D eigenvalue weighted by molar-refractivity contribution is 6.32. The summed E-state index contributed by atoms with van der Waals surface area (Å²) in [6, 6.07) is 22.4. The van der Waals surface area contributed by atoms with E-state index in [2.05, 4.69) is 0 Å². The molecule has 5 rings (SSSR count). The second-order valence-electron chi connectivity index (χ2n) is 8.89. The minimum atomic E-state index is -1.04. The quantitative estimate of drug-likeness (QED) is 0.288. The molecule has 0 aliphatic carbocycles. The van der Waals surface area contributed by atoms with Crippen LogP contribution in [0.25, 0.3) is 22.0 Å². The Hall–Kier alpha value is -3.74. The zero-order valence-electron chi connectivity index (χ0n) is 20.0. The van der Waals surface area contributed by atoms with Gasteiger partial charge in [-0.25, -0.2) is 5.01 Å². The van der Waals surface area contributed by atoms with Gasteiger partial charge in [-0.3, -0.25) is 14.6 Å². The molecule has 1 aliphatic heterocycles. The summed E-state index contributed by atoms with van der Waals surface area (Å²) >= 11 is 12.9. The zero-order chi connectivity index (χ0) is 26.1. The van der Waals surface area contributed by atoms with Crippen molar-refractivity contribution in [2.24, 2.45) is 5.10 Å². The predicted molar refractivity (Wildman–Crippen MR) is 146 cm³/mol. The number of hydrogen-bond acceptors (Lipinski definition) is 4. The lowest BCUT2D eigenvalue weighted by Crippen LogP contribution is -2.27. The van der Waals surface area contributed by atoms with Crippen molar-refractivity contribution in [3.05, 3.63) is 99.7 Å². The maximum Gasteiger partial charge on any atom is 0.303 e. The molecular weight excluding hydrogens is 509 g/mol. The number of carboxylic acids is 1. The Kier molecular flexibility index (Phi) is 6.96. The third-order valence-corrected chi connectivity index (χ3v) is 7.04. The normalized spacial score (nSPS) is 15.2. The van der Waals surface area contributed by atoms with Crippen molar-refractivity contribution in [1.29, 1.82) is 0 Å². The van der Waals surface area contributed by atoms with Crippen LogP contribution in [0.5, 0.6) is 0 Å². The highest BCUT2D eigenvalue weighted by atomic mass is 35.5. The molecular formula is C29H23Cl2N3O3. The second kappa shape index (κ2) is 10.3. The van der Waals surface area contributed by atoms with E-state index in [1.807, 2.05) is 73.7 Å². The van der Waals surface area contributed by atoms with E-state index in [1.165, 1.54) is 5.01 Å². The second-order valence-corrected chi connectivity index (χ2v) is 9.74. The summed E-state index contributed by atoms with van der Waals surface area (Å²) in [6.07, 6.45) is -0.0418. The molecule has 0 bridgehead atoms. The van der Waals surface area contributed by atoms with Gasteiger partial charge in [0.05, 0.1) is 23.7 Å². The number of rotatable bonds is 6. The molecule has 1 aliphatic rings. The maximum atomic E-state index is 13.2. The molecule has 4 aromatic rings. The zero-order valence-corrected chi connectivity index (χ0v) is 21.5. The van der Waals surface area contributed by atoms with Gasteiger partial charge in [-0.15, -0.1) is 0 Å². The topological polar surface area (TPSA) is 82.9 Å². The number of nitrogens with zero attached hydrogens (tertiary/aromatic N) is 3. The molecule has 2 heterocycles. The summed E-state index contributed by atoms with van der Waals surface area (Å²) in [5, 5.41) is 17.3. The molecule has 186 valence electrons. The van der Waals surface area contributed by atoms with Crippen molar-refractivity contribution >= 4 is 51.7 Å². The van der Waals surface area contributed by atoms with E-state index in [9.17, 15) is 9.59 Å². The first kappa shape index (κ1) is 24.9. The van der Waals surface area contributed by atoms with E-state index in [-0.39, 0.29) is 18.7 Å². The number of hydrogen-bond donors (Lipinski definition) is 1. The minimum absolute atomic E-state index is 0.164. The van der Waals surface area contributed by atoms with Crippen LogP contribution in [0.2, 0.25) is 10.0 Å². The van der Waals surface area contributed by atoms with E-state index in [1.54, 1.807) is 6.07 Å². The largest absolute Gasteiger partial charge is 0.481 e. The summed E-state index contributed by atoms with van der Waals surface area (Å²) < 4.78 is 0. The van der Waals surface area contributed by atoms with Gasteiger partial charge in [0.2, 0.25) is 5.91 Å². The minimum Gasteiger partial charge on any atom is -0.481 e. The average molecular weight is 532 g/mol. The number of hydrazone groups is 1. The number of benzene rings is 3. The van der Waals surface area contributed by atoms with E-state index >= 15 is 0 Å². The van der Waals surface area contributed by atoms with E-state index in [0.717, 1.165) is 38.9 Å². The smallest absolute Gasteiger partial charge is 0.303 e. The standard InChI is InChI=1S/C29H23Cl2N3O3/c1-17-28(29(18-7-3-2-4-8-18)21-15-19(30)11-12-23(21)32-17)24-16-25(20-9-5-6-10-22(20)31)34(33-24)26(35)13-14-27(36)37/h2-12,15,25H,13-14,16H2,1H3,(H,36,37). The Morgan fingerprint density at radius 2 is 1.70 bits per heavy atom. The van der Waals surface area contributed by atoms with Crippen molar-refractivity contribution in [2.75, 3.05) is 0 Å². The SMILES string of the molecule is Cc1nc2ccc(Cl)cc2c(-c2ccccc2)c1C1=NN(C(=O)CCC(=O)O)C(c2ccccc2Cl)C1. The Morgan fingerprint density at radius 1 is 0.973 bits per heavy atom. The molecule has 37 heavy (non-hydrogen) atoms. The van der Waals surface area contributed by atoms with E-state index in [4.69, 9.17) is 38.4 Å². The van der Waals surface area contributed by atoms with Gasteiger partial charge in [0.1, 0.15) is 0 Å². The Morgan fingerprint density at radius 3 is 2.43 bits per heavy atom. The fourth-order valence-corrected chi connectivity index (χ4v) is 5.26. The highest BCUT2D eigenvalue weighted by Crippen LogP contribution is 2.41. The van der Waals surface area contributed by atoms with Gasteiger partial charge in [0.25, 0.3) is 0 Å². The number of carbonyl (C=O) groups excluding carboxylic acids is 1. The first-order valence-corrected chi connectivity index (χ1v) is 12.6. The Bertz CT molecular complexity index is 1550. The highest BCUT2D eigenvalue weighted by Gasteiger charge is 2.36. The van der Waals surface area contributed by atoms with Crippen molar-refractivity contribution in [3.63, 3.8) is 0 Å². The molecule has 0 spiro atoms. The molecule has 1 aromatic heterocycles. The Labute approximate surface area is 224 Å². The van der Waals surface area contributed by atoms with Crippen molar-refractivity contribution in [2.45, 2.75) is 32.2 Å². The van der Waals surface area contributed by atoms with Gasteiger partial charge < -0.3 is 5.11 Å². The lowest BCUT2D eigenvalue weighted by atomic mass is 9.89. The number of fused-ring (bicyclic) bond motifs is 1. The number of aryl methyl sites for hydroxylation is 1. The van der Waals surface area contributed by atoms with Gasteiger partial charge in [0.15, 0.2) is 0 Å². The van der Waals surface area contributed by atoms with Crippen LogP contribution in [0.15, 0.2) is 77.9 Å². The number of pyridine rings is 1. The molecule has 3 aromatic carbocycles. The summed E-state index contributed by atoms with van der Waals surface area (Å²) in [5.74, 6) is -1.41. The number of aromatic nitrogens is 1. The maximum absolute atomic E-state index is 13.2. The van der Waals surface area contributed by atoms with Crippen LogP contribution in [0.4, 0.5) is 0 Å². The number of amides is 1. The number of carbonyl (C=O) groups is 2. The third kappa shape index (κ3) is 4.95. The van der Waals surface area contributed by atoms with Gasteiger partial charge >= 0.3 is 5.97 Å². The average Bonchev–Trinajstić information content (AvgIpc) is 3.32. The van der Waals surface area contributed by atoms with Gasteiger partial charge in [0, 0.05) is 45.1 Å². The lowest BCUT2D eigenvalue weighted by Gasteiger charge is -2.22. The van der Waals surface area contributed by atoms with Crippen molar-refractivity contribution in [1.82, 2.24) is 9.99 Å². The summed E-state index contributed by atoms with van der Waals surface area (Å²) in [7, 11) is 0. The summed E-state index contributed by atoms with van der Waals surface area (Å²) in [4.78, 5) is 29.2. The van der Waals surface area contributed by atoms with Gasteiger partial charge in [-0.05, 0) is 42.3 Å². The van der Waals surface area contributed by atoms with Crippen LogP contribution in [-0.4, -0.2) is 32.7 Å². The van der Waals surface area contributed by atoms with Crippen LogP contribution >= 0.6 is 23.2 Å². The molecule has 1 N–H and O–H groups in total. The molecule has 0 radical (unpaired) electrons. The fourth-order valence-electron chi connectivity index (χ4n) is 4.82. The molecule has 1 unspecified atom stereocenters. The van der Waals surface area contributed by atoms with Gasteiger partial charge in [-0.1, -0.05) is 71.7 Å². The fraction of sp³-hybridized carbons (Fsp3) is 0.172. The third-order valence-electron chi connectivity index (χ3n) is 6.46. The van der Waals surface area contributed by atoms with E-state index < -0.39 is 12.0 Å². The molecule has 1 amide bonds. The Balaban J connectivity index is 1.70. The molecule has 0 saturated carbocycles. The van der Waals surface area contributed by atoms with Crippen LogP contribution < -0.4 is 0 Å². The summed E-state index contributed by atoms with van der Waals surface area (Å²) in [5.41, 5.74) is 5.74. The molecule has 0 saturated heterocycles. The number of aliphatic carboxylic acids is 1. The van der Waals surface area contributed by atoms with Gasteiger partial charge in [-0.2, -0.15) is 5.10 Å². The van der Waals surface area contributed by atoms with Crippen LogP contribution in [0.3, 0.4) is 0 Å². The van der Waals surface area contributed by atoms with Crippen LogP contribution in [0.1, 0.15) is 42.1 Å². The molecule has 8 heteroatoms. The molecule has 0 fully saturated rings. The monoisotopic (exact) mass is 531 g/mol.